The molecule has 1 atom stereocenters. The van der Waals surface area contributed by atoms with Gasteiger partial charge in [-0.25, -0.2) is 0 Å². The number of nitro benzene ring substituents is 1. The number of nitro groups is 1. The first kappa shape index (κ1) is 19.9. The lowest BCUT2D eigenvalue weighted by molar-refractivity contribution is -0.384. The summed E-state index contributed by atoms with van der Waals surface area (Å²) in [4.78, 5) is 23.1. The van der Waals surface area contributed by atoms with Gasteiger partial charge in [0.2, 0.25) is 0 Å². The number of amides is 1. The van der Waals surface area contributed by atoms with Crippen LogP contribution in [-0.4, -0.2) is 17.4 Å². The van der Waals surface area contributed by atoms with Gasteiger partial charge in [0.1, 0.15) is 5.75 Å². The number of rotatable bonds is 7. The summed E-state index contributed by atoms with van der Waals surface area (Å²) in [6.45, 7) is -2.93. The topological polar surface area (TPSA) is 81.5 Å². The molecule has 0 radical (unpaired) electrons. The smallest absolute Gasteiger partial charge is 0.387 e. The average molecular weight is 398 g/mol. The quantitative estimate of drug-likeness (QED) is 0.461. The van der Waals surface area contributed by atoms with E-state index < -0.39 is 23.5 Å². The van der Waals surface area contributed by atoms with Crippen LogP contribution in [0.5, 0.6) is 5.75 Å². The number of hydrogen-bond acceptors (Lipinski definition) is 4. The Balaban J connectivity index is 1.89. The Morgan fingerprint density at radius 2 is 1.59 bits per heavy atom. The summed E-state index contributed by atoms with van der Waals surface area (Å²) in [5.41, 5.74) is 1.34. The number of nitrogens with one attached hydrogen (secondary N) is 1. The summed E-state index contributed by atoms with van der Waals surface area (Å²) in [5, 5.41) is 13.8. The van der Waals surface area contributed by atoms with Crippen LogP contribution in [0.1, 0.15) is 27.5 Å². The molecule has 1 N–H and O–H groups in total. The molecule has 3 aromatic rings. The van der Waals surface area contributed by atoms with Gasteiger partial charge in [-0.3, -0.25) is 14.9 Å². The second-order valence-electron chi connectivity index (χ2n) is 6.07. The molecule has 0 saturated heterocycles. The molecule has 3 rings (SSSR count). The van der Waals surface area contributed by atoms with E-state index in [1.807, 2.05) is 18.2 Å². The SMILES string of the molecule is O=C(N[C@H](c1ccccc1)c1ccc(OC(F)F)cc1)c1cccc([N+](=O)[O-])c1. The van der Waals surface area contributed by atoms with E-state index in [-0.39, 0.29) is 17.0 Å². The van der Waals surface area contributed by atoms with Crippen molar-refractivity contribution in [2.24, 2.45) is 0 Å². The zero-order valence-corrected chi connectivity index (χ0v) is 15.0. The van der Waals surface area contributed by atoms with Crippen LogP contribution in [0.2, 0.25) is 0 Å². The molecule has 0 bridgehead atoms. The van der Waals surface area contributed by atoms with Gasteiger partial charge < -0.3 is 10.1 Å². The van der Waals surface area contributed by atoms with Gasteiger partial charge in [0.05, 0.1) is 11.0 Å². The zero-order valence-electron chi connectivity index (χ0n) is 15.0. The Hall–Kier alpha value is -3.81. The third-order valence-electron chi connectivity index (χ3n) is 4.17. The average Bonchev–Trinajstić information content (AvgIpc) is 2.73. The molecule has 6 nitrogen and oxygen atoms in total. The summed E-state index contributed by atoms with van der Waals surface area (Å²) in [6, 6.07) is 19.8. The van der Waals surface area contributed by atoms with Crippen molar-refractivity contribution in [3.8, 4) is 5.75 Å². The van der Waals surface area contributed by atoms with Crippen LogP contribution in [0.25, 0.3) is 0 Å². The molecular weight excluding hydrogens is 382 g/mol. The van der Waals surface area contributed by atoms with Crippen LogP contribution in [0.4, 0.5) is 14.5 Å². The van der Waals surface area contributed by atoms with E-state index in [0.29, 0.717) is 5.56 Å². The Labute approximate surface area is 164 Å². The number of carbonyl (C=O) groups excluding carboxylic acids is 1. The Bertz CT molecular complexity index is 995. The fraction of sp³-hybridized carbons (Fsp3) is 0.0952. The monoisotopic (exact) mass is 398 g/mol. The summed E-state index contributed by atoms with van der Waals surface area (Å²) < 4.78 is 29.1. The molecule has 0 aromatic heterocycles. The molecule has 3 aromatic carbocycles. The van der Waals surface area contributed by atoms with Crippen LogP contribution >= 0.6 is 0 Å². The number of ether oxygens (including phenoxy) is 1. The Kier molecular flexibility index (Phi) is 6.13. The van der Waals surface area contributed by atoms with E-state index >= 15 is 0 Å². The van der Waals surface area contributed by atoms with Crippen molar-refractivity contribution in [2.75, 3.05) is 0 Å². The van der Waals surface area contributed by atoms with E-state index in [1.165, 1.54) is 36.4 Å². The minimum atomic E-state index is -2.93. The van der Waals surface area contributed by atoms with Gasteiger partial charge in [-0.15, -0.1) is 0 Å². The van der Waals surface area contributed by atoms with Crippen LogP contribution in [0.15, 0.2) is 78.9 Å². The van der Waals surface area contributed by atoms with E-state index in [0.717, 1.165) is 5.56 Å². The first-order valence-corrected chi connectivity index (χ1v) is 8.59. The third-order valence-corrected chi connectivity index (χ3v) is 4.17. The largest absolute Gasteiger partial charge is 0.435 e. The molecule has 0 spiro atoms. The lowest BCUT2D eigenvalue weighted by atomic mass is 9.98. The molecule has 0 unspecified atom stereocenters. The lowest BCUT2D eigenvalue weighted by Gasteiger charge is -2.20. The number of benzene rings is 3. The van der Waals surface area contributed by atoms with Crippen molar-refractivity contribution in [1.29, 1.82) is 0 Å². The Morgan fingerprint density at radius 1 is 0.931 bits per heavy atom. The zero-order chi connectivity index (χ0) is 20.8. The number of alkyl halides is 2. The molecule has 0 heterocycles. The normalized spacial score (nSPS) is 11.7. The predicted octanol–water partition coefficient (Wildman–Crippen LogP) is 4.72. The number of non-ortho nitro benzene ring substituents is 1. The molecule has 1 amide bonds. The van der Waals surface area contributed by atoms with Crippen LogP contribution < -0.4 is 10.1 Å². The second kappa shape index (κ2) is 8.92. The van der Waals surface area contributed by atoms with Gasteiger partial charge in [0.25, 0.3) is 11.6 Å². The lowest BCUT2D eigenvalue weighted by Crippen LogP contribution is -2.29. The highest BCUT2D eigenvalue weighted by molar-refractivity contribution is 5.95. The van der Waals surface area contributed by atoms with E-state index in [1.54, 1.807) is 24.3 Å². The highest BCUT2D eigenvalue weighted by atomic mass is 19.3. The Morgan fingerprint density at radius 3 is 2.21 bits per heavy atom. The van der Waals surface area contributed by atoms with Gasteiger partial charge in [0.15, 0.2) is 0 Å². The highest BCUT2D eigenvalue weighted by Gasteiger charge is 2.19. The summed E-state index contributed by atoms with van der Waals surface area (Å²) >= 11 is 0. The fourth-order valence-electron chi connectivity index (χ4n) is 2.82. The fourth-order valence-corrected chi connectivity index (χ4v) is 2.82. The van der Waals surface area contributed by atoms with Crippen LogP contribution in [-0.2, 0) is 0 Å². The van der Waals surface area contributed by atoms with Gasteiger partial charge in [-0.2, -0.15) is 8.78 Å². The second-order valence-corrected chi connectivity index (χ2v) is 6.07. The van der Waals surface area contributed by atoms with E-state index in [4.69, 9.17) is 0 Å². The minimum Gasteiger partial charge on any atom is -0.435 e. The van der Waals surface area contributed by atoms with Crippen molar-refractivity contribution in [3.05, 3.63) is 106 Å². The molecule has 0 fully saturated rings. The summed E-state index contributed by atoms with van der Waals surface area (Å²) in [6.07, 6.45) is 0. The van der Waals surface area contributed by atoms with Gasteiger partial charge >= 0.3 is 6.61 Å². The minimum absolute atomic E-state index is 0.000530. The standard InChI is InChI=1S/C21H16F2N2O4/c22-21(23)29-18-11-9-15(10-12-18)19(14-5-2-1-3-6-14)24-20(26)16-7-4-8-17(13-16)25(27)28/h1-13,19,21H,(H,24,26)/t19-/m1/s1. The molecule has 29 heavy (non-hydrogen) atoms. The maximum atomic E-state index is 12.7. The van der Waals surface area contributed by atoms with Crippen molar-refractivity contribution in [1.82, 2.24) is 5.32 Å². The van der Waals surface area contributed by atoms with E-state index in [2.05, 4.69) is 10.1 Å². The number of nitrogens with zero attached hydrogens (tertiary/aromatic N) is 1. The van der Waals surface area contributed by atoms with Crippen LogP contribution in [0.3, 0.4) is 0 Å². The molecule has 148 valence electrons. The first-order chi connectivity index (χ1) is 13.9. The molecular formula is C21H16F2N2O4. The van der Waals surface area contributed by atoms with Gasteiger partial charge in [-0.1, -0.05) is 48.5 Å². The van der Waals surface area contributed by atoms with Gasteiger partial charge in [-0.05, 0) is 29.3 Å². The predicted molar refractivity (Wildman–Crippen MR) is 102 cm³/mol. The molecule has 0 aliphatic rings. The number of carbonyl (C=O) groups is 1. The summed E-state index contributed by atoms with van der Waals surface area (Å²) in [5.74, 6) is -0.504. The number of hydrogen-bond donors (Lipinski definition) is 1. The van der Waals surface area contributed by atoms with Crippen molar-refractivity contribution in [3.63, 3.8) is 0 Å². The maximum Gasteiger partial charge on any atom is 0.387 e. The van der Waals surface area contributed by atoms with Crippen molar-refractivity contribution in [2.45, 2.75) is 12.7 Å². The van der Waals surface area contributed by atoms with Gasteiger partial charge in [0, 0.05) is 17.7 Å². The van der Waals surface area contributed by atoms with Crippen molar-refractivity contribution >= 4 is 11.6 Å². The van der Waals surface area contributed by atoms with Crippen LogP contribution in [0, 0.1) is 10.1 Å². The number of halogens is 2. The molecule has 0 aliphatic carbocycles. The molecule has 8 heteroatoms. The first-order valence-electron chi connectivity index (χ1n) is 8.59. The molecule has 0 saturated carbocycles. The molecule has 0 aliphatic heterocycles. The summed E-state index contributed by atoms with van der Waals surface area (Å²) in [7, 11) is 0. The highest BCUT2D eigenvalue weighted by Crippen LogP contribution is 2.25. The third kappa shape index (κ3) is 5.13. The van der Waals surface area contributed by atoms with E-state index in [9.17, 15) is 23.7 Å². The maximum absolute atomic E-state index is 12.7. The van der Waals surface area contributed by atoms with Crippen molar-refractivity contribution < 1.29 is 23.2 Å².